The summed E-state index contributed by atoms with van der Waals surface area (Å²) in [5.74, 6) is 0.608. The Labute approximate surface area is 141 Å². The van der Waals surface area contributed by atoms with Crippen molar-refractivity contribution >= 4 is 11.9 Å². The van der Waals surface area contributed by atoms with E-state index in [2.05, 4.69) is 13.8 Å². The Morgan fingerprint density at radius 2 is 1.70 bits per heavy atom. The van der Waals surface area contributed by atoms with E-state index in [-0.39, 0.29) is 30.2 Å². The summed E-state index contributed by atoms with van der Waals surface area (Å²) < 4.78 is 10.3. The molecule has 3 unspecified atom stereocenters. The normalized spacial score (nSPS) is 22.7. The van der Waals surface area contributed by atoms with E-state index < -0.39 is 0 Å². The largest absolute Gasteiger partial charge is 0.466 e. The third kappa shape index (κ3) is 6.92. The molecule has 3 atom stereocenters. The summed E-state index contributed by atoms with van der Waals surface area (Å²) >= 11 is 0. The van der Waals surface area contributed by atoms with E-state index in [0.717, 1.165) is 25.7 Å². The van der Waals surface area contributed by atoms with Crippen LogP contribution in [0.25, 0.3) is 0 Å². The van der Waals surface area contributed by atoms with Crippen molar-refractivity contribution in [1.29, 1.82) is 0 Å². The zero-order valence-electron chi connectivity index (χ0n) is 15.3. The maximum absolute atomic E-state index is 12.4. The van der Waals surface area contributed by atoms with Crippen LogP contribution in [0.15, 0.2) is 0 Å². The van der Waals surface area contributed by atoms with Gasteiger partial charge >= 0.3 is 11.9 Å². The van der Waals surface area contributed by atoms with Gasteiger partial charge in [-0.15, -0.1) is 0 Å². The number of hydrogen-bond acceptors (Lipinski definition) is 4. The molecule has 0 aromatic rings. The highest BCUT2D eigenvalue weighted by Gasteiger charge is 2.38. The quantitative estimate of drug-likeness (QED) is 0.591. The molecule has 0 radical (unpaired) electrons. The lowest BCUT2D eigenvalue weighted by molar-refractivity contribution is -0.158. The minimum atomic E-state index is -0.341. The zero-order chi connectivity index (χ0) is 17.2. The summed E-state index contributed by atoms with van der Waals surface area (Å²) in [4.78, 5) is 24.4. The minimum absolute atomic E-state index is 0.162. The number of carbonyl (C=O) groups is 2. The van der Waals surface area contributed by atoms with Crippen LogP contribution in [-0.2, 0) is 19.1 Å². The van der Waals surface area contributed by atoms with Crippen LogP contribution in [0, 0.1) is 23.7 Å². The Balaban J connectivity index is 2.82. The Bertz CT molecular complexity index is 364. The predicted octanol–water partition coefficient (Wildman–Crippen LogP) is 4.36. The smallest absolute Gasteiger partial charge is 0.309 e. The van der Waals surface area contributed by atoms with Gasteiger partial charge < -0.3 is 9.47 Å². The second-order valence-corrected chi connectivity index (χ2v) is 7.05. The number of ether oxygens (including phenoxy) is 2. The average Bonchev–Trinajstić information content (AvgIpc) is 2.51. The molecule has 1 fully saturated rings. The van der Waals surface area contributed by atoms with E-state index in [1.54, 1.807) is 6.92 Å². The molecule has 0 aromatic carbocycles. The van der Waals surface area contributed by atoms with Gasteiger partial charge in [0.05, 0.1) is 25.6 Å². The molecule has 0 aromatic heterocycles. The van der Waals surface area contributed by atoms with Gasteiger partial charge in [0, 0.05) is 0 Å². The molecular weight excluding hydrogens is 292 g/mol. The van der Waals surface area contributed by atoms with Gasteiger partial charge in [0.2, 0.25) is 0 Å². The molecule has 1 rings (SSSR count). The summed E-state index contributed by atoms with van der Waals surface area (Å²) in [5.41, 5.74) is 0. The first-order chi connectivity index (χ1) is 11.0. The van der Waals surface area contributed by atoms with Crippen molar-refractivity contribution in [2.75, 3.05) is 13.2 Å². The first kappa shape index (κ1) is 20.0. The molecule has 4 nitrogen and oxygen atoms in total. The number of rotatable bonds is 9. The van der Waals surface area contributed by atoms with Crippen LogP contribution in [-0.4, -0.2) is 25.2 Å². The monoisotopic (exact) mass is 326 g/mol. The maximum atomic E-state index is 12.4. The molecule has 1 aliphatic rings. The summed E-state index contributed by atoms with van der Waals surface area (Å²) in [6.45, 7) is 8.80. The average molecular weight is 326 g/mol. The second kappa shape index (κ2) is 10.7. The van der Waals surface area contributed by atoms with Crippen molar-refractivity contribution in [2.45, 2.75) is 72.6 Å². The highest BCUT2D eigenvalue weighted by atomic mass is 16.5. The topological polar surface area (TPSA) is 52.6 Å². The first-order valence-electron chi connectivity index (χ1n) is 9.31. The van der Waals surface area contributed by atoms with Crippen LogP contribution in [0.1, 0.15) is 72.6 Å². The molecular formula is C19H34O4. The minimum Gasteiger partial charge on any atom is -0.466 e. The molecule has 0 amide bonds. The Morgan fingerprint density at radius 3 is 2.30 bits per heavy atom. The lowest BCUT2D eigenvalue weighted by Gasteiger charge is -2.36. The van der Waals surface area contributed by atoms with Crippen molar-refractivity contribution in [1.82, 2.24) is 0 Å². The summed E-state index contributed by atoms with van der Waals surface area (Å²) in [6.07, 6.45) is 7.03. The summed E-state index contributed by atoms with van der Waals surface area (Å²) in [7, 11) is 0. The highest BCUT2D eigenvalue weighted by molar-refractivity contribution is 5.80. The van der Waals surface area contributed by atoms with Gasteiger partial charge in [-0.1, -0.05) is 39.5 Å². The second-order valence-electron chi connectivity index (χ2n) is 7.05. The number of hydrogen-bond donors (Lipinski definition) is 0. The fourth-order valence-corrected chi connectivity index (χ4v) is 3.73. The van der Waals surface area contributed by atoms with Crippen LogP contribution in [0.2, 0.25) is 0 Å². The predicted molar refractivity (Wildman–Crippen MR) is 90.9 cm³/mol. The van der Waals surface area contributed by atoms with Crippen molar-refractivity contribution in [3.63, 3.8) is 0 Å². The molecule has 4 heteroatoms. The third-order valence-electron chi connectivity index (χ3n) is 4.88. The van der Waals surface area contributed by atoms with E-state index >= 15 is 0 Å². The van der Waals surface area contributed by atoms with Crippen molar-refractivity contribution in [2.24, 2.45) is 23.7 Å². The molecule has 134 valence electrons. The van der Waals surface area contributed by atoms with Crippen molar-refractivity contribution in [3.8, 4) is 0 Å². The van der Waals surface area contributed by atoms with E-state index in [4.69, 9.17) is 9.47 Å². The van der Waals surface area contributed by atoms with Crippen LogP contribution in [0.5, 0.6) is 0 Å². The van der Waals surface area contributed by atoms with Crippen LogP contribution < -0.4 is 0 Å². The molecule has 1 aliphatic carbocycles. The Kier molecular flexibility index (Phi) is 9.27. The molecule has 0 saturated heterocycles. The van der Waals surface area contributed by atoms with Crippen LogP contribution in [0.3, 0.4) is 0 Å². The number of carbonyl (C=O) groups excluding carboxylic acids is 2. The first-order valence-corrected chi connectivity index (χ1v) is 9.31. The lowest BCUT2D eigenvalue weighted by atomic mass is 9.69. The van der Waals surface area contributed by atoms with E-state index in [0.29, 0.717) is 25.0 Å². The Morgan fingerprint density at radius 1 is 1.04 bits per heavy atom. The van der Waals surface area contributed by atoms with Gasteiger partial charge in [-0.2, -0.15) is 0 Å². The van der Waals surface area contributed by atoms with Crippen molar-refractivity contribution in [3.05, 3.63) is 0 Å². The third-order valence-corrected chi connectivity index (χ3v) is 4.88. The Hall–Kier alpha value is -1.06. The summed E-state index contributed by atoms with van der Waals surface area (Å²) in [6, 6.07) is 0. The van der Waals surface area contributed by atoms with E-state index in [1.165, 1.54) is 12.8 Å². The molecule has 0 heterocycles. The zero-order valence-corrected chi connectivity index (χ0v) is 15.3. The van der Waals surface area contributed by atoms with Crippen molar-refractivity contribution < 1.29 is 19.1 Å². The SMILES string of the molecule is CCOC(=O)CC(C(=O)OCC)C1CCCCC1CCC(C)C. The molecule has 0 aliphatic heterocycles. The van der Waals surface area contributed by atoms with Gasteiger partial charge in [0.15, 0.2) is 0 Å². The van der Waals surface area contributed by atoms with Gasteiger partial charge in [0.25, 0.3) is 0 Å². The molecule has 1 saturated carbocycles. The van der Waals surface area contributed by atoms with Gasteiger partial charge in [-0.3, -0.25) is 9.59 Å². The molecule has 0 spiro atoms. The molecule has 0 bridgehead atoms. The van der Waals surface area contributed by atoms with Gasteiger partial charge in [-0.05, 0) is 44.4 Å². The van der Waals surface area contributed by atoms with Gasteiger partial charge in [0.1, 0.15) is 0 Å². The van der Waals surface area contributed by atoms with E-state index in [1.807, 2.05) is 6.92 Å². The summed E-state index contributed by atoms with van der Waals surface area (Å²) in [5, 5.41) is 0. The number of esters is 2. The fourth-order valence-electron chi connectivity index (χ4n) is 3.73. The van der Waals surface area contributed by atoms with E-state index in [9.17, 15) is 9.59 Å². The fraction of sp³-hybridized carbons (Fsp3) is 0.895. The molecule has 23 heavy (non-hydrogen) atoms. The van der Waals surface area contributed by atoms with Crippen LogP contribution >= 0.6 is 0 Å². The molecule has 0 N–H and O–H groups in total. The van der Waals surface area contributed by atoms with Gasteiger partial charge in [-0.25, -0.2) is 0 Å². The standard InChI is InChI=1S/C19H34O4/c1-5-22-18(20)13-17(19(21)23-6-2)16-10-8-7-9-15(16)12-11-14(3)4/h14-17H,5-13H2,1-4H3. The maximum Gasteiger partial charge on any atom is 0.309 e. The van der Waals surface area contributed by atoms with Crippen LogP contribution in [0.4, 0.5) is 0 Å². The lowest BCUT2D eigenvalue weighted by Crippen LogP contribution is -2.35. The highest BCUT2D eigenvalue weighted by Crippen LogP contribution is 2.40.